The predicted octanol–water partition coefficient (Wildman–Crippen LogP) is 2.65. The van der Waals surface area contributed by atoms with Gasteiger partial charge in [0, 0.05) is 10.9 Å². The fourth-order valence-corrected chi connectivity index (χ4v) is 2.59. The first kappa shape index (κ1) is 12.9. The van der Waals surface area contributed by atoms with Crippen LogP contribution in [0.25, 0.3) is 33.5 Å². The summed E-state index contributed by atoms with van der Waals surface area (Å²) in [5, 5.41) is 1.04. The molecule has 0 spiro atoms. The number of aromatic nitrogens is 5. The normalized spacial score (nSPS) is 11.4. The van der Waals surface area contributed by atoms with E-state index in [1.54, 1.807) is 18.2 Å². The number of nitrogens with one attached hydrogen (secondary N) is 2. The first-order valence-corrected chi connectivity index (χ1v) is 6.69. The molecule has 0 aliphatic rings. The van der Waals surface area contributed by atoms with E-state index >= 15 is 0 Å². The van der Waals surface area contributed by atoms with Crippen LogP contribution in [0.4, 0.5) is 4.39 Å². The Morgan fingerprint density at radius 2 is 1.91 bits per heavy atom. The van der Waals surface area contributed by atoms with Gasteiger partial charge in [0.2, 0.25) is 0 Å². The monoisotopic (exact) mass is 315 g/mol. The molecule has 4 rings (SSSR count). The summed E-state index contributed by atoms with van der Waals surface area (Å²) < 4.78 is 12.9. The van der Waals surface area contributed by atoms with Crippen LogP contribution in [0.3, 0.4) is 0 Å². The summed E-state index contributed by atoms with van der Waals surface area (Å²) in [6.07, 6.45) is 2.15. The number of rotatable bonds is 1. The lowest BCUT2D eigenvalue weighted by atomic mass is 10.1. The van der Waals surface area contributed by atoms with E-state index in [0.29, 0.717) is 38.5 Å². The van der Waals surface area contributed by atoms with Gasteiger partial charge in [-0.1, -0.05) is 11.6 Å². The smallest absolute Gasteiger partial charge is 0.304 e. The zero-order chi connectivity index (χ0) is 15.3. The fraction of sp³-hybridized carbons (Fsp3) is 0. The number of H-pyrrole nitrogens is 2. The van der Waals surface area contributed by atoms with Gasteiger partial charge in [-0.15, -0.1) is 0 Å². The largest absolute Gasteiger partial charge is 0.325 e. The van der Waals surface area contributed by atoms with Crippen molar-refractivity contribution in [2.75, 3.05) is 0 Å². The minimum atomic E-state index is -0.520. The van der Waals surface area contributed by atoms with E-state index < -0.39 is 5.82 Å². The molecule has 0 aliphatic heterocycles. The third-order valence-electron chi connectivity index (χ3n) is 3.27. The molecule has 3 heterocycles. The molecule has 1 aromatic carbocycles. The van der Waals surface area contributed by atoms with Crippen LogP contribution < -0.4 is 5.69 Å². The highest BCUT2D eigenvalue weighted by atomic mass is 35.5. The van der Waals surface area contributed by atoms with Gasteiger partial charge >= 0.3 is 5.69 Å². The molecule has 0 radical (unpaired) electrons. The minimum Gasteiger partial charge on any atom is -0.304 e. The standard InChI is InChI=1S/C14H7ClFN5O/c15-11-7(12-17-4-6(16)5-18-12)1-2-9-8(11)3-10-13(19-9)21-14(22)20-10/h1-5H,(H2,19,20,21,22). The quantitative estimate of drug-likeness (QED) is 0.565. The molecule has 108 valence electrons. The summed E-state index contributed by atoms with van der Waals surface area (Å²) in [4.78, 5) is 28.7. The Kier molecular flexibility index (Phi) is 2.70. The summed E-state index contributed by atoms with van der Waals surface area (Å²) in [7, 11) is 0. The molecule has 0 saturated carbocycles. The fourth-order valence-electron chi connectivity index (χ4n) is 2.29. The average molecular weight is 316 g/mol. The molecule has 0 bridgehead atoms. The van der Waals surface area contributed by atoms with Crippen molar-refractivity contribution in [3.8, 4) is 11.4 Å². The van der Waals surface area contributed by atoms with Gasteiger partial charge in [0.15, 0.2) is 17.3 Å². The lowest BCUT2D eigenvalue weighted by Gasteiger charge is -2.06. The van der Waals surface area contributed by atoms with Gasteiger partial charge in [0.1, 0.15) is 0 Å². The molecule has 22 heavy (non-hydrogen) atoms. The Morgan fingerprint density at radius 3 is 2.68 bits per heavy atom. The molecule has 3 aromatic heterocycles. The number of pyridine rings is 1. The van der Waals surface area contributed by atoms with Crippen LogP contribution in [0.1, 0.15) is 0 Å². The highest BCUT2D eigenvalue weighted by molar-refractivity contribution is 6.38. The molecular formula is C14H7ClFN5O. The highest BCUT2D eigenvalue weighted by Gasteiger charge is 2.12. The number of nitrogens with zero attached hydrogens (tertiary/aromatic N) is 3. The second kappa shape index (κ2) is 4.60. The van der Waals surface area contributed by atoms with Crippen molar-refractivity contribution in [3.05, 3.63) is 51.9 Å². The van der Waals surface area contributed by atoms with E-state index in [9.17, 15) is 9.18 Å². The number of imidazole rings is 1. The maximum Gasteiger partial charge on any atom is 0.325 e. The molecule has 0 amide bonds. The second-order valence-corrected chi connectivity index (χ2v) is 5.06. The first-order valence-electron chi connectivity index (χ1n) is 6.31. The molecule has 0 saturated heterocycles. The maximum absolute atomic E-state index is 12.9. The van der Waals surface area contributed by atoms with Crippen molar-refractivity contribution in [1.29, 1.82) is 0 Å². The topological polar surface area (TPSA) is 87.3 Å². The van der Waals surface area contributed by atoms with E-state index in [-0.39, 0.29) is 5.69 Å². The van der Waals surface area contributed by atoms with E-state index in [1.807, 2.05) is 0 Å². The Hall–Kier alpha value is -2.80. The van der Waals surface area contributed by atoms with E-state index in [4.69, 9.17) is 11.6 Å². The van der Waals surface area contributed by atoms with Crippen LogP contribution in [0.5, 0.6) is 0 Å². The Bertz CT molecular complexity index is 1070. The molecule has 0 atom stereocenters. The number of halogens is 2. The number of aromatic amines is 2. The van der Waals surface area contributed by atoms with Gasteiger partial charge in [0.25, 0.3) is 0 Å². The predicted molar refractivity (Wildman–Crippen MR) is 80.2 cm³/mol. The zero-order valence-corrected chi connectivity index (χ0v) is 11.6. The van der Waals surface area contributed by atoms with Gasteiger partial charge in [-0.2, -0.15) is 0 Å². The second-order valence-electron chi connectivity index (χ2n) is 4.68. The minimum absolute atomic E-state index is 0.316. The van der Waals surface area contributed by atoms with Crippen LogP contribution >= 0.6 is 11.6 Å². The summed E-state index contributed by atoms with van der Waals surface area (Å²) in [5.74, 6) is -0.204. The Morgan fingerprint density at radius 1 is 1.14 bits per heavy atom. The van der Waals surface area contributed by atoms with E-state index in [2.05, 4.69) is 24.9 Å². The van der Waals surface area contributed by atoms with Crippen molar-refractivity contribution in [3.63, 3.8) is 0 Å². The van der Waals surface area contributed by atoms with Gasteiger partial charge in [0.05, 0.1) is 28.4 Å². The third-order valence-corrected chi connectivity index (χ3v) is 3.68. The number of hydrogen-bond acceptors (Lipinski definition) is 4. The zero-order valence-electron chi connectivity index (χ0n) is 10.9. The van der Waals surface area contributed by atoms with Crippen LogP contribution in [0, 0.1) is 5.82 Å². The number of benzene rings is 1. The third kappa shape index (κ3) is 1.94. The molecule has 6 nitrogen and oxygen atoms in total. The SMILES string of the molecule is O=c1[nH]c2cc3c(Cl)c(-c4ncc(F)cn4)ccc3nc2[nH]1. The summed E-state index contributed by atoms with van der Waals surface area (Å²) in [6, 6.07) is 5.18. The van der Waals surface area contributed by atoms with Crippen LogP contribution in [-0.4, -0.2) is 24.9 Å². The lowest BCUT2D eigenvalue weighted by molar-refractivity contribution is 0.614. The summed E-state index contributed by atoms with van der Waals surface area (Å²) in [5.41, 5.74) is 1.86. The Balaban J connectivity index is 2.01. The number of fused-ring (bicyclic) bond motifs is 2. The van der Waals surface area contributed by atoms with E-state index in [1.165, 1.54) is 0 Å². The Labute approximate surface area is 127 Å². The van der Waals surface area contributed by atoms with Crippen LogP contribution in [0.15, 0.2) is 35.4 Å². The van der Waals surface area contributed by atoms with Gasteiger partial charge in [-0.3, -0.25) is 4.98 Å². The van der Waals surface area contributed by atoms with Gasteiger partial charge < -0.3 is 4.98 Å². The molecule has 4 aromatic rings. The molecule has 0 unspecified atom stereocenters. The molecule has 0 aliphatic carbocycles. The van der Waals surface area contributed by atoms with Crippen LogP contribution in [-0.2, 0) is 0 Å². The van der Waals surface area contributed by atoms with Crippen LogP contribution in [0.2, 0.25) is 5.02 Å². The van der Waals surface area contributed by atoms with Crippen molar-refractivity contribution in [2.24, 2.45) is 0 Å². The molecule has 0 fully saturated rings. The van der Waals surface area contributed by atoms with Crippen molar-refractivity contribution >= 4 is 33.7 Å². The molecular weight excluding hydrogens is 309 g/mol. The van der Waals surface area contributed by atoms with Gasteiger partial charge in [-0.25, -0.2) is 24.1 Å². The lowest BCUT2D eigenvalue weighted by Crippen LogP contribution is -1.99. The van der Waals surface area contributed by atoms with Crippen molar-refractivity contribution < 1.29 is 4.39 Å². The maximum atomic E-state index is 12.9. The summed E-state index contributed by atoms with van der Waals surface area (Å²) in [6.45, 7) is 0. The van der Waals surface area contributed by atoms with Crippen molar-refractivity contribution in [2.45, 2.75) is 0 Å². The number of hydrogen-bond donors (Lipinski definition) is 2. The van der Waals surface area contributed by atoms with E-state index in [0.717, 1.165) is 12.4 Å². The van der Waals surface area contributed by atoms with Crippen molar-refractivity contribution in [1.82, 2.24) is 24.9 Å². The average Bonchev–Trinajstić information content (AvgIpc) is 2.86. The first-order chi connectivity index (χ1) is 10.6. The molecule has 2 N–H and O–H groups in total. The van der Waals surface area contributed by atoms with Gasteiger partial charge in [-0.05, 0) is 18.2 Å². The summed E-state index contributed by atoms with van der Waals surface area (Å²) >= 11 is 6.41. The highest BCUT2D eigenvalue weighted by Crippen LogP contribution is 2.32. The molecule has 8 heteroatoms.